The van der Waals surface area contributed by atoms with E-state index in [1.807, 2.05) is 19.1 Å². The molecule has 0 saturated carbocycles. The zero-order valence-corrected chi connectivity index (χ0v) is 15.8. The average molecular weight is 363 g/mol. The Labute approximate surface area is 158 Å². The van der Waals surface area contributed by atoms with E-state index in [2.05, 4.69) is 36.1 Å². The van der Waals surface area contributed by atoms with Crippen molar-refractivity contribution in [3.05, 3.63) is 44.8 Å². The van der Waals surface area contributed by atoms with Crippen LogP contribution in [0.3, 0.4) is 0 Å². The molecule has 1 aliphatic carbocycles. The van der Waals surface area contributed by atoms with Gasteiger partial charge in [-0.05, 0) is 37.6 Å². The topological polar surface area (TPSA) is 101 Å². The van der Waals surface area contributed by atoms with E-state index in [1.54, 1.807) is 11.3 Å². The largest absolute Gasteiger partial charge is 0.399 e. The van der Waals surface area contributed by atoms with E-state index < -0.39 is 5.41 Å². The van der Waals surface area contributed by atoms with Crippen LogP contribution in [0.4, 0.5) is 0 Å². The van der Waals surface area contributed by atoms with Gasteiger partial charge in [-0.25, -0.2) is 0 Å². The predicted octanol–water partition coefficient (Wildman–Crippen LogP) is 3.19. The zero-order chi connectivity index (χ0) is 18.9. The van der Waals surface area contributed by atoms with Crippen LogP contribution in [0.1, 0.15) is 29.0 Å². The second-order valence-electron chi connectivity index (χ2n) is 6.88. The summed E-state index contributed by atoms with van der Waals surface area (Å²) < 4.78 is 0. The van der Waals surface area contributed by atoms with Crippen molar-refractivity contribution in [2.75, 3.05) is 19.6 Å². The monoisotopic (exact) mass is 363 g/mol. The number of fused-ring (bicyclic) bond motifs is 1. The fourth-order valence-corrected chi connectivity index (χ4v) is 5.28. The maximum atomic E-state index is 10.00. The fourth-order valence-electron chi connectivity index (χ4n) is 4.16. The molecule has 26 heavy (non-hydrogen) atoms. The Morgan fingerprint density at radius 3 is 2.58 bits per heavy atom. The first-order valence-corrected chi connectivity index (χ1v) is 9.56. The number of nitriles is 3. The van der Waals surface area contributed by atoms with E-state index in [4.69, 9.17) is 5.73 Å². The molecule has 0 fully saturated rings. The molecule has 2 aliphatic rings. The molecule has 1 aromatic rings. The molecule has 6 heteroatoms. The first-order valence-electron chi connectivity index (χ1n) is 8.74. The third kappa shape index (κ3) is 2.61. The summed E-state index contributed by atoms with van der Waals surface area (Å²) in [5.74, 6) is -0.450. The number of nitrogens with zero attached hydrogens (tertiary/aromatic N) is 4. The van der Waals surface area contributed by atoms with Crippen molar-refractivity contribution < 1.29 is 0 Å². The van der Waals surface area contributed by atoms with E-state index in [0.29, 0.717) is 5.57 Å². The van der Waals surface area contributed by atoms with Gasteiger partial charge in [0.1, 0.15) is 6.07 Å². The number of aryl methyl sites for hydroxylation is 1. The zero-order valence-electron chi connectivity index (χ0n) is 15.0. The maximum absolute atomic E-state index is 10.00. The normalized spacial score (nSPS) is 24.8. The lowest BCUT2D eigenvalue weighted by atomic mass is 9.59. The predicted molar refractivity (Wildman–Crippen MR) is 101 cm³/mol. The summed E-state index contributed by atoms with van der Waals surface area (Å²) in [7, 11) is 0. The van der Waals surface area contributed by atoms with E-state index >= 15 is 0 Å². The van der Waals surface area contributed by atoms with Gasteiger partial charge in [0, 0.05) is 34.7 Å². The molecule has 2 heterocycles. The van der Waals surface area contributed by atoms with Crippen molar-refractivity contribution in [1.29, 1.82) is 15.8 Å². The summed E-state index contributed by atoms with van der Waals surface area (Å²) in [6.07, 6.45) is 3.09. The quantitative estimate of drug-likeness (QED) is 0.889. The van der Waals surface area contributed by atoms with Crippen LogP contribution < -0.4 is 5.73 Å². The van der Waals surface area contributed by atoms with Crippen LogP contribution in [-0.4, -0.2) is 24.5 Å². The number of hydrogen-bond donors (Lipinski definition) is 1. The third-order valence-electron chi connectivity index (χ3n) is 5.35. The summed E-state index contributed by atoms with van der Waals surface area (Å²) in [6.45, 7) is 6.58. The molecule has 5 nitrogen and oxygen atoms in total. The number of nitrogens with two attached hydrogens (primary N) is 1. The lowest BCUT2D eigenvalue weighted by Gasteiger charge is -2.45. The van der Waals surface area contributed by atoms with E-state index in [1.165, 1.54) is 0 Å². The van der Waals surface area contributed by atoms with Gasteiger partial charge in [-0.15, -0.1) is 11.3 Å². The highest BCUT2D eigenvalue weighted by Gasteiger charge is 2.54. The van der Waals surface area contributed by atoms with Crippen molar-refractivity contribution in [3.63, 3.8) is 0 Å². The molecule has 132 valence electrons. The van der Waals surface area contributed by atoms with Crippen LogP contribution in [0.15, 0.2) is 35.1 Å². The Kier molecular flexibility index (Phi) is 4.88. The smallest absolute Gasteiger partial charge is 0.192 e. The first kappa shape index (κ1) is 18.2. The Morgan fingerprint density at radius 1 is 1.31 bits per heavy atom. The Hall–Kier alpha value is -2.59. The highest BCUT2D eigenvalue weighted by molar-refractivity contribution is 7.12. The summed E-state index contributed by atoms with van der Waals surface area (Å²) in [5.41, 5.74) is 6.09. The van der Waals surface area contributed by atoms with Crippen molar-refractivity contribution in [2.45, 2.75) is 26.2 Å². The molecule has 0 aromatic carbocycles. The third-order valence-corrected chi connectivity index (χ3v) is 6.43. The van der Waals surface area contributed by atoms with Crippen molar-refractivity contribution in [1.82, 2.24) is 4.90 Å². The Morgan fingerprint density at radius 2 is 2.04 bits per heavy atom. The van der Waals surface area contributed by atoms with Crippen molar-refractivity contribution in [2.24, 2.45) is 17.1 Å². The second-order valence-corrected chi connectivity index (χ2v) is 8.20. The van der Waals surface area contributed by atoms with Gasteiger partial charge in [0.15, 0.2) is 5.41 Å². The number of thiophene rings is 1. The van der Waals surface area contributed by atoms with Gasteiger partial charge in [-0.2, -0.15) is 15.8 Å². The summed E-state index contributed by atoms with van der Waals surface area (Å²) in [4.78, 5) is 4.43. The maximum Gasteiger partial charge on any atom is 0.192 e. The number of hydrogen-bond acceptors (Lipinski definition) is 6. The van der Waals surface area contributed by atoms with Crippen LogP contribution in [0.5, 0.6) is 0 Å². The molecule has 0 bridgehead atoms. The van der Waals surface area contributed by atoms with Gasteiger partial charge in [0.2, 0.25) is 0 Å². The van der Waals surface area contributed by atoms with E-state index in [0.717, 1.165) is 41.4 Å². The van der Waals surface area contributed by atoms with Crippen LogP contribution in [0.2, 0.25) is 0 Å². The summed E-state index contributed by atoms with van der Waals surface area (Å²) in [6, 6.07) is 10.5. The molecule has 3 rings (SSSR count). The van der Waals surface area contributed by atoms with Gasteiger partial charge < -0.3 is 5.73 Å². The van der Waals surface area contributed by atoms with Gasteiger partial charge in [0.25, 0.3) is 0 Å². The van der Waals surface area contributed by atoms with Crippen molar-refractivity contribution in [3.8, 4) is 18.2 Å². The number of allylic oxidation sites excluding steroid dienone is 2. The Bertz CT molecular complexity index is 888. The molecular weight excluding hydrogens is 342 g/mol. The minimum absolute atomic E-state index is 0.0883. The van der Waals surface area contributed by atoms with Gasteiger partial charge in [-0.1, -0.05) is 13.0 Å². The lowest BCUT2D eigenvalue weighted by Crippen LogP contribution is -2.47. The second kappa shape index (κ2) is 6.96. The molecule has 1 aliphatic heterocycles. The minimum Gasteiger partial charge on any atom is -0.399 e. The van der Waals surface area contributed by atoms with Gasteiger partial charge in [-0.3, -0.25) is 4.90 Å². The molecular formula is C20H21N5S. The molecule has 2 atom stereocenters. The first-order chi connectivity index (χ1) is 12.5. The van der Waals surface area contributed by atoms with E-state index in [-0.39, 0.29) is 17.5 Å². The molecule has 0 saturated heterocycles. The molecule has 0 radical (unpaired) electrons. The lowest BCUT2D eigenvalue weighted by molar-refractivity contribution is 0.209. The fraction of sp³-hybridized carbons (Fsp3) is 0.450. The highest BCUT2D eigenvalue weighted by atomic mass is 32.1. The minimum atomic E-state index is -1.51. The SMILES string of the molecule is CCCN1CC=C2C(C#N)=C(N)C(C#N)(C#N)[C@H](c3ccc(C)s3)[C@H]2C1. The molecule has 1 aromatic heterocycles. The van der Waals surface area contributed by atoms with Gasteiger partial charge >= 0.3 is 0 Å². The number of rotatable bonds is 3. The molecule has 2 N–H and O–H groups in total. The average Bonchev–Trinajstić information content (AvgIpc) is 3.07. The summed E-state index contributed by atoms with van der Waals surface area (Å²) >= 11 is 1.60. The molecule has 0 amide bonds. The van der Waals surface area contributed by atoms with Crippen LogP contribution in [0, 0.1) is 52.2 Å². The molecule has 0 unspecified atom stereocenters. The van der Waals surface area contributed by atoms with E-state index in [9.17, 15) is 15.8 Å². The standard InChI is InChI=1S/C20H21N5S/c1-3-7-25-8-6-14-15(9-21)19(24)20(11-22,12-23)18(16(14)10-25)17-5-4-13(2)26-17/h4-6,16,18H,3,7-8,10,24H2,1-2H3/t16-,18-/m0/s1. The van der Waals surface area contributed by atoms with Crippen LogP contribution in [0.25, 0.3) is 0 Å². The van der Waals surface area contributed by atoms with Crippen molar-refractivity contribution >= 4 is 11.3 Å². The van der Waals surface area contributed by atoms with Crippen LogP contribution >= 0.6 is 11.3 Å². The summed E-state index contributed by atoms with van der Waals surface area (Å²) in [5, 5.41) is 29.7. The Balaban J connectivity index is 2.25. The van der Waals surface area contributed by atoms with Crippen LogP contribution in [-0.2, 0) is 0 Å². The van der Waals surface area contributed by atoms with Gasteiger partial charge in [0.05, 0.1) is 23.4 Å². The highest BCUT2D eigenvalue weighted by Crippen LogP contribution is 2.55. The molecule has 0 spiro atoms.